The van der Waals surface area contributed by atoms with Crippen LogP contribution >= 0.6 is 11.5 Å². The van der Waals surface area contributed by atoms with E-state index in [1.165, 1.54) is 0 Å². The Hall–Kier alpha value is -3.08. The van der Waals surface area contributed by atoms with Gasteiger partial charge in [-0.1, -0.05) is 0 Å². The number of ether oxygens (including phenoxy) is 1. The van der Waals surface area contributed by atoms with E-state index in [2.05, 4.69) is 19.3 Å². The van der Waals surface area contributed by atoms with E-state index in [1.54, 1.807) is 23.2 Å². The molecule has 0 atom stereocenters. The number of halogens is 3. The zero-order chi connectivity index (χ0) is 23.6. The van der Waals surface area contributed by atoms with Crippen molar-refractivity contribution in [3.63, 3.8) is 0 Å². The van der Waals surface area contributed by atoms with Gasteiger partial charge in [0.05, 0.1) is 29.1 Å². The van der Waals surface area contributed by atoms with Crippen molar-refractivity contribution < 1.29 is 22.7 Å². The average molecular weight is 478 g/mol. The van der Waals surface area contributed by atoms with Gasteiger partial charge in [-0.2, -0.15) is 17.5 Å². The van der Waals surface area contributed by atoms with Gasteiger partial charge in [-0.3, -0.25) is 9.78 Å². The lowest BCUT2D eigenvalue weighted by molar-refractivity contribution is -0.137. The fourth-order valence-electron chi connectivity index (χ4n) is 3.49. The zero-order valence-electron chi connectivity index (χ0n) is 18.1. The molecule has 0 aromatic carbocycles. The maximum atomic E-state index is 13.3. The number of hydrogen-bond donors (Lipinski definition) is 0. The van der Waals surface area contributed by atoms with Gasteiger partial charge in [0.1, 0.15) is 16.5 Å². The second-order valence-electron chi connectivity index (χ2n) is 7.95. The monoisotopic (exact) mass is 477 g/mol. The van der Waals surface area contributed by atoms with E-state index < -0.39 is 17.6 Å². The molecule has 3 aromatic rings. The molecule has 1 amide bonds. The molecule has 174 valence electrons. The number of hydrogen-bond acceptors (Lipinski definition) is 7. The van der Waals surface area contributed by atoms with Crippen LogP contribution in [-0.2, 0) is 12.6 Å². The van der Waals surface area contributed by atoms with Gasteiger partial charge >= 0.3 is 6.18 Å². The molecule has 3 aromatic heterocycles. The van der Waals surface area contributed by atoms with Gasteiger partial charge in [-0.25, -0.2) is 9.97 Å². The molecule has 0 aliphatic carbocycles. The van der Waals surface area contributed by atoms with Gasteiger partial charge in [0.2, 0.25) is 0 Å². The second-order valence-corrected chi connectivity index (χ2v) is 8.79. The quantitative estimate of drug-likeness (QED) is 0.515. The standard InChI is InChI=1S/C22H22F3N5O2S/c1-13(2)32-15-5-6-17(27-12-15)20-28-19(33-29-20)10-18-16(21(31)30-7-3-4-8-30)9-14(11-26-18)22(23,24)25/h5-6,9,11-13H,3-4,7-8,10H2,1-2H3. The molecule has 0 unspecified atom stereocenters. The summed E-state index contributed by atoms with van der Waals surface area (Å²) in [6.07, 6.45) is -0.455. The van der Waals surface area contributed by atoms with Crippen molar-refractivity contribution in [3.8, 4) is 17.3 Å². The van der Waals surface area contributed by atoms with Gasteiger partial charge < -0.3 is 9.64 Å². The number of nitrogens with zero attached hydrogens (tertiary/aromatic N) is 5. The lowest BCUT2D eigenvalue weighted by Gasteiger charge is -2.18. The topological polar surface area (TPSA) is 81.1 Å². The normalized spacial score (nSPS) is 14.2. The highest BCUT2D eigenvalue weighted by atomic mass is 32.1. The number of rotatable bonds is 6. The summed E-state index contributed by atoms with van der Waals surface area (Å²) < 4.78 is 49.6. The first-order valence-corrected chi connectivity index (χ1v) is 11.3. The summed E-state index contributed by atoms with van der Waals surface area (Å²) in [4.78, 5) is 27.3. The zero-order valence-corrected chi connectivity index (χ0v) is 18.9. The van der Waals surface area contributed by atoms with Crippen LogP contribution in [0.5, 0.6) is 5.75 Å². The van der Waals surface area contributed by atoms with Gasteiger partial charge in [0.25, 0.3) is 5.91 Å². The predicted molar refractivity (Wildman–Crippen MR) is 116 cm³/mol. The molecule has 1 saturated heterocycles. The Balaban J connectivity index is 1.58. The van der Waals surface area contributed by atoms with Crippen LogP contribution in [0.4, 0.5) is 13.2 Å². The summed E-state index contributed by atoms with van der Waals surface area (Å²) in [7, 11) is 0. The highest BCUT2D eigenvalue weighted by molar-refractivity contribution is 7.05. The van der Waals surface area contributed by atoms with Crippen molar-refractivity contribution in [3.05, 3.63) is 52.4 Å². The molecule has 0 bridgehead atoms. The van der Waals surface area contributed by atoms with E-state index >= 15 is 0 Å². The van der Waals surface area contributed by atoms with Crippen LogP contribution < -0.4 is 4.74 Å². The third-order valence-corrected chi connectivity index (χ3v) is 5.76. The molecule has 33 heavy (non-hydrogen) atoms. The molecule has 0 spiro atoms. The number of likely N-dealkylation sites (tertiary alicyclic amines) is 1. The van der Waals surface area contributed by atoms with Gasteiger partial charge in [-0.05, 0) is 56.4 Å². The number of carbonyl (C=O) groups excluding carboxylic acids is 1. The first-order chi connectivity index (χ1) is 15.7. The molecule has 4 heterocycles. The van der Waals surface area contributed by atoms with Crippen molar-refractivity contribution in [2.75, 3.05) is 13.1 Å². The molecule has 0 N–H and O–H groups in total. The molecule has 1 aliphatic rings. The van der Waals surface area contributed by atoms with E-state index in [0.717, 1.165) is 36.6 Å². The van der Waals surface area contributed by atoms with E-state index in [4.69, 9.17) is 4.74 Å². The van der Waals surface area contributed by atoms with E-state index in [-0.39, 0.29) is 23.8 Å². The van der Waals surface area contributed by atoms with Crippen LogP contribution in [0.15, 0.2) is 30.6 Å². The summed E-state index contributed by atoms with van der Waals surface area (Å²) in [5.74, 6) is 0.585. The van der Waals surface area contributed by atoms with Crippen molar-refractivity contribution in [1.82, 2.24) is 24.2 Å². The fraction of sp³-hybridized carbons (Fsp3) is 0.409. The third kappa shape index (κ3) is 5.47. The molecule has 0 saturated carbocycles. The number of aromatic nitrogens is 4. The first kappa shape index (κ1) is 23.1. The summed E-state index contributed by atoms with van der Waals surface area (Å²) in [6, 6.07) is 4.40. The lowest BCUT2D eigenvalue weighted by Crippen LogP contribution is -2.29. The predicted octanol–water partition coefficient (Wildman–Crippen LogP) is 4.63. The molecule has 1 fully saturated rings. The minimum absolute atomic E-state index is 0.0235. The van der Waals surface area contributed by atoms with Gasteiger partial charge in [0, 0.05) is 25.7 Å². The van der Waals surface area contributed by atoms with Crippen LogP contribution in [-0.4, -0.2) is 49.3 Å². The van der Waals surface area contributed by atoms with Crippen LogP contribution in [0.2, 0.25) is 0 Å². The summed E-state index contributed by atoms with van der Waals surface area (Å²) in [6.45, 7) is 4.89. The maximum absolute atomic E-state index is 13.3. The Bertz CT molecular complexity index is 1130. The molecule has 4 rings (SSSR count). The Morgan fingerprint density at radius 2 is 1.94 bits per heavy atom. The highest BCUT2D eigenvalue weighted by Gasteiger charge is 2.33. The Morgan fingerprint density at radius 1 is 1.18 bits per heavy atom. The third-order valence-electron chi connectivity index (χ3n) is 5.05. The van der Waals surface area contributed by atoms with Crippen LogP contribution in [0.25, 0.3) is 11.5 Å². The molecule has 7 nitrogen and oxygen atoms in total. The van der Waals surface area contributed by atoms with Crippen molar-refractivity contribution >= 4 is 17.4 Å². The lowest BCUT2D eigenvalue weighted by atomic mass is 10.1. The fourth-order valence-corrected chi connectivity index (χ4v) is 4.15. The van der Waals surface area contributed by atoms with Crippen molar-refractivity contribution in [2.24, 2.45) is 0 Å². The van der Waals surface area contributed by atoms with E-state index in [1.807, 2.05) is 13.8 Å². The maximum Gasteiger partial charge on any atom is 0.417 e. The van der Waals surface area contributed by atoms with Crippen molar-refractivity contribution in [2.45, 2.75) is 45.4 Å². The highest BCUT2D eigenvalue weighted by Crippen LogP contribution is 2.31. The number of carbonyl (C=O) groups is 1. The summed E-state index contributed by atoms with van der Waals surface area (Å²) in [5, 5.41) is 0.525. The molecule has 1 aliphatic heterocycles. The number of pyridine rings is 2. The Kier molecular flexibility index (Phi) is 6.59. The van der Waals surface area contributed by atoms with Gasteiger partial charge in [0.15, 0.2) is 5.82 Å². The molecule has 11 heteroatoms. The number of alkyl halides is 3. The summed E-state index contributed by atoms with van der Waals surface area (Å²) >= 11 is 1.10. The Morgan fingerprint density at radius 3 is 2.58 bits per heavy atom. The van der Waals surface area contributed by atoms with Crippen LogP contribution in [0, 0.1) is 0 Å². The Labute approximate surface area is 192 Å². The van der Waals surface area contributed by atoms with E-state index in [9.17, 15) is 18.0 Å². The first-order valence-electron chi connectivity index (χ1n) is 10.5. The SMILES string of the molecule is CC(C)Oc1ccc(-c2nsc(Cc3ncc(C(F)(F)F)cc3C(=O)N3CCCC3)n2)nc1. The van der Waals surface area contributed by atoms with Crippen LogP contribution in [0.3, 0.4) is 0 Å². The second kappa shape index (κ2) is 9.42. The molecular weight excluding hydrogens is 455 g/mol. The summed E-state index contributed by atoms with van der Waals surface area (Å²) in [5.41, 5.74) is -0.199. The largest absolute Gasteiger partial charge is 0.489 e. The minimum atomic E-state index is -4.58. The smallest absolute Gasteiger partial charge is 0.417 e. The average Bonchev–Trinajstić information content (AvgIpc) is 3.45. The molecular formula is C22H22F3N5O2S. The van der Waals surface area contributed by atoms with Crippen molar-refractivity contribution in [1.29, 1.82) is 0 Å². The number of amides is 1. The van der Waals surface area contributed by atoms with E-state index in [0.29, 0.717) is 35.4 Å². The minimum Gasteiger partial charge on any atom is -0.489 e. The molecule has 0 radical (unpaired) electrons. The van der Waals surface area contributed by atoms with Gasteiger partial charge in [-0.15, -0.1) is 0 Å². The van der Waals surface area contributed by atoms with Crippen LogP contribution in [0.1, 0.15) is 53.3 Å².